The molecular formula is C16H21FN2O. The maximum absolute atomic E-state index is 13.5. The molecule has 0 bridgehead atoms. The number of nitrogens with one attached hydrogen (secondary N) is 2. The van der Waals surface area contributed by atoms with Gasteiger partial charge in [0.25, 0.3) is 0 Å². The van der Waals surface area contributed by atoms with E-state index in [1.54, 1.807) is 12.1 Å². The van der Waals surface area contributed by atoms with E-state index in [2.05, 4.69) is 10.6 Å². The molecule has 2 fully saturated rings. The minimum atomic E-state index is -0.231. The van der Waals surface area contributed by atoms with Gasteiger partial charge in [-0.15, -0.1) is 0 Å². The topological polar surface area (TPSA) is 41.1 Å². The van der Waals surface area contributed by atoms with Crippen molar-refractivity contribution in [3.05, 3.63) is 35.6 Å². The standard InChI is InChI=1S/C16H21FN2O/c17-14-7-3-6-12(8-14)15(11-4-1-2-5-11)19-16(20)13-9-18-10-13/h3,6-8,11,13,15,18H,1-2,4-5,9-10H2,(H,19,20). The SMILES string of the molecule is O=C(NC(c1cccc(F)c1)C1CCCC1)C1CNC1. The summed E-state index contributed by atoms with van der Waals surface area (Å²) >= 11 is 0. The monoisotopic (exact) mass is 276 g/mol. The molecule has 1 unspecified atom stereocenters. The summed E-state index contributed by atoms with van der Waals surface area (Å²) in [6, 6.07) is 6.62. The minimum absolute atomic E-state index is 0.0405. The lowest BCUT2D eigenvalue weighted by Crippen LogP contribution is -2.51. The van der Waals surface area contributed by atoms with Crippen LogP contribution in [0.3, 0.4) is 0 Å². The highest BCUT2D eigenvalue weighted by molar-refractivity contribution is 5.80. The number of halogens is 1. The van der Waals surface area contributed by atoms with E-state index in [9.17, 15) is 9.18 Å². The molecule has 3 nitrogen and oxygen atoms in total. The van der Waals surface area contributed by atoms with E-state index in [1.807, 2.05) is 6.07 Å². The lowest BCUT2D eigenvalue weighted by molar-refractivity contribution is -0.127. The van der Waals surface area contributed by atoms with Crippen molar-refractivity contribution in [3.8, 4) is 0 Å². The van der Waals surface area contributed by atoms with Crippen LogP contribution in [0, 0.1) is 17.7 Å². The van der Waals surface area contributed by atoms with Crippen molar-refractivity contribution >= 4 is 5.91 Å². The highest BCUT2D eigenvalue weighted by Gasteiger charge is 2.32. The summed E-state index contributed by atoms with van der Waals surface area (Å²) in [7, 11) is 0. The van der Waals surface area contributed by atoms with E-state index in [4.69, 9.17) is 0 Å². The molecule has 1 amide bonds. The molecule has 20 heavy (non-hydrogen) atoms. The molecule has 0 spiro atoms. The van der Waals surface area contributed by atoms with Crippen molar-refractivity contribution in [1.29, 1.82) is 0 Å². The Morgan fingerprint density at radius 3 is 2.65 bits per heavy atom. The van der Waals surface area contributed by atoms with Gasteiger partial charge in [-0.2, -0.15) is 0 Å². The lowest BCUT2D eigenvalue weighted by atomic mass is 9.90. The zero-order chi connectivity index (χ0) is 13.9. The van der Waals surface area contributed by atoms with Crippen molar-refractivity contribution in [2.75, 3.05) is 13.1 Å². The molecule has 1 heterocycles. The van der Waals surface area contributed by atoms with Crippen LogP contribution < -0.4 is 10.6 Å². The van der Waals surface area contributed by atoms with Gasteiger partial charge in [0.05, 0.1) is 12.0 Å². The first-order valence-electron chi connectivity index (χ1n) is 7.50. The summed E-state index contributed by atoms with van der Waals surface area (Å²) in [4.78, 5) is 12.2. The summed E-state index contributed by atoms with van der Waals surface area (Å²) in [5, 5.41) is 6.27. The van der Waals surface area contributed by atoms with E-state index < -0.39 is 0 Å². The summed E-state index contributed by atoms with van der Waals surface area (Å²) in [5.41, 5.74) is 0.900. The van der Waals surface area contributed by atoms with Crippen molar-refractivity contribution < 1.29 is 9.18 Å². The third kappa shape index (κ3) is 2.85. The van der Waals surface area contributed by atoms with Gasteiger partial charge >= 0.3 is 0 Å². The Morgan fingerprint density at radius 2 is 2.05 bits per heavy atom. The molecule has 1 atom stereocenters. The Labute approximate surface area is 118 Å². The summed E-state index contributed by atoms with van der Waals surface area (Å²) < 4.78 is 13.5. The third-order valence-electron chi connectivity index (χ3n) is 4.53. The van der Waals surface area contributed by atoms with Gasteiger partial charge < -0.3 is 10.6 Å². The van der Waals surface area contributed by atoms with Crippen LogP contribution in [0.15, 0.2) is 24.3 Å². The number of hydrogen-bond donors (Lipinski definition) is 2. The van der Waals surface area contributed by atoms with E-state index >= 15 is 0 Å². The van der Waals surface area contributed by atoms with Crippen LogP contribution >= 0.6 is 0 Å². The van der Waals surface area contributed by atoms with Gasteiger partial charge in [0, 0.05) is 13.1 Å². The van der Waals surface area contributed by atoms with Crippen LogP contribution in [0.2, 0.25) is 0 Å². The van der Waals surface area contributed by atoms with Crippen LogP contribution in [-0.2, 0) is 4.79 Å². The minimum Gasteiger partial charge on any atom is -0.349 e. The lowest BCUT2D eigenvalue weighted by Gasteiger charge is -2.31. The van der Waals surface area contributed by atoms with Gasteiger partial charge in [-0.25, -0.2) is 4.39 Å². The third-order valence-corrected chi connectivity index (χ3v) is 4.53. The molecule has 1 aromatic rings. The fourth-order valence-corrected chi connectivity index (χ4v) is 3.21. The van der Waals surface area contributed by atoms with Gasteiger partial charge in [-0.1, -0.05) is 25.0 Å². The van der Waals surface area contributed by atoms with Crippen molar-refractivity contribution in [3.63, 3.8) is 0 Å². The number of rotatable bonds is 4. The van der Waals surface area contributed by atoms with Crippen LogP contribution in [0.1, 0.15) is 37.3 Å². The van der Waals surface area contributed by atoms with Crippen LogP contribution in [0.4, 0.5) is 4.39 Å². The molecule has 3 rings (SSSR count). The second-order valence-electron chi connectivity index (χ2n) is 5.94. The summed E-state index contributed by atoms with van der Waals surface area (Å²) in [6.45, 7) is 1.51. The molecule has 2 aliphatic rings. The Balaban J connectivity index is 1.77. The zero-order valence-electron chi connectivity index (χ0n) is 11.6. The van der Waals surface area contributed by atoms with Gasteiger partial charge in [0.15, 0.2) is 0 Å². The van der Waals surface area contributed by atoms with Crippen molar-refractivity contribution in [2.24, 2.45) is 11.8 Å². The second kappa shape index (κ2) is 5.92. The highest BCUT2D eigenvalue weighted by Crippen LogP contribution is 2.36. The first-order valence-corrected chi connectivity index (χ1v) is 7.50. The molecule has 1 aliphatic carbocycles. The first kappa shape index (κ1) is 13.6. The van der Waals surface area contributed by atoms with E-state index in [0.29, 0.717) is 5.92 Å². The number of benzene rings is 1. The molecule has 4 heteroatoms. The molecule has 0 radical (unpaired) electrons. The van der Waals surface area contributed by atoms with E-state index in [-0.39, 0.29) is 23.7 Å². The summed E-state index contributed by atoms with van der Waals surface area (Å²) in [5.74, 6) is 0.385. The maximum atomic E-state index is 13.5. The van der Waals surface area contributed by atoms with Crippen LogP contribution in [0.25, 0.3) is 0 Å². The molecule has 1 saturated heterocycles. The normalized spacial score (nSPS) is 21.4. The molecule has 1 aliphatic heterocycles. The first-order chi connectivity index (χ1) is 9.74. The van der Waals surface area contributed by atoms with E-state index in [1.165, 1.54) is 18.9 Å². The molecule has 2 N–H and O–H groups in total. The zero-order valence-corrected chi connectivity index (χ0v) is 11.6. The van der Waals surface area contributed by atoms with Gasteiger partial charge in [-0.05, 0) is 36.5 Å². The van der Waals surface area contributed by atoms with Gasteiger partial charge in [0.2, 0.25) is 5.91 Å². The molecule has 108 valence electrons. The second-order valence-corrected chi connectivity index (χ2v) is 5.94. The number of hydrogen-bond acceptors (Lipinski definition) is 2. The molecule has 0 aromatic heterocycles. The van der Waals surface area contributed by atoms with Crippen LogP contribution in [-0.4, -0.2) is 19.0 Å². The largest absolute Gasteiger partial charge is 0.349 e. The number of carbonyl (C=O) groups excluding carboxylic acids is 1. The Hall–Kier alpha value is -1.42. The number of carbonyl (C=O) groups is 1. The summed E-state index contributed by atoms with van der Waals surface area (Å²) in [6.07, 6.45) is 4.64. The maximum Gasteiger partial charge on any atom is 0.226 e. The molecular weight excluding hydrogens is 255 g/mol. The predicted octanol–water partition coefficient (Wildman–Crippen LogP) is 2.39. The van der Waals surface area contributed by atoms with E-state index in [0.717, 1.165) is 31.5 Å². The van der Waals surface area contributed by atoms with Crippen LogP contribution in [0.5, 0.6) is 0 Å². The fourth-order valence-electron chi connectivity index (χ4n) is 3.21. The fraction of sp³-hybridized carbons (Fsp3) is 0.562. The molecule has 1 saturated carbocycles. The Kier molecular flexibility index (Phi) is 4.01. The van der Waals surface area contributed by atoms with Crippen molar-refractivity contribution in [2.45, 2.75) is 31.7 Å². The predicted molar refractivity (Wildman–Crippen MR) is 75.6 cm³/mol. The quantitative estimate of drug-likeness (QED) is 0.886. The van der Waals surface area contributed by atoms with Gasteiger partial charge in [-0.3, -0.25) is 4.79 Å². The number of amides is 1. The van der Waals surface area contributed by atoms with Crippen molar-refractivity contribution in [1.82, 2.24) is 10.6 Å². The average Bonchev–Trinajstić information content (AvgIpc) is 2.87. The Bertz CT molecular complexity index is 481. The molecule has 1 aromatic carbocycles. The Morgan fingerprint density at radius 1 is 1.30 bits per heavy atom. The average molecular weight is 276 g/mol. The highest BCUT2D eigenvalue weighted by atomic mass is 19.1. The smallest absolute Gasteiger partial charge is 0.226 e. The van der Waals surface area contributed by atoms with Gasteiger partial charge in [0.1, 0.15) is 5.82 Å².